The van der Waals surface area contributed by atoms with E-state index >= 15 is 0 Å². The summed E-state index contributed by atoms with van der Waals surface area (Å²) in [6.07, 6.45) is -1.69. The van der Waals surface area contributed by atoms with Crippen molar-refractivity contribution in [3.05, 3.63) is 35.1 Å². The van der Waals surface area contributed by atoms with E-state index in [1.54, 1.807) is 0 Å². The molecule has 11 nitrogen and oxygen atoms in total. The van der Waals surface area contributed by atoms with Crippen LogP contribution in [0.4, 0.5) is 0 Å². The highest BCUT2D eigenvalue weighted by Gasteiger charge is 2.72. The number of carbonyl (C=O) groups excluding carboxylic acids is 3. The third-order valence-electron chi connectivity index (χ3n) is 8.29. The molecule has 1 unspecified atom stereocenters. The highest BCUT2D eigenvalue weighted by molar-refractivity contribution is 5.88. The first-order chi connectivity index (χ1) is 17.4. The molecular weight excluding hydrogens is 488 g/mol. The van der Waals surface area contributed by atoms with Gasteiger partial charge >= 0.3 is 23.9 Å². The number of phenols is 1. The van der Waals surface area contributed by atoms with Gasteiger partial charge in [0, 0.05) is 19.4 Å². The number of carbonyl (C=O) groups is 4. The van der Waals surface area contributed by atoms with Crippen LogP contribution >= 0.6 is 0 Å². The predicted octanol–water partition coefficient (Wildman–Crippen LogP) is 1.50. The van der Waals surface area contributed by atoms with Crippen LogP contribution in [0.2, 0.25) is 0 Å². The van der Waals surface area contributed by atoms with Gasteiger partial charge in [-0.2, -0.15) is 0 Å². The molecular formula is C26H28O11. The Balaban J connectivity index is 1.55. The first-order valence-electron chi connectivity index (χ1n) is 12.1. The Morgan fingerprint density at radius 2 is 1.78 bits per heavy atom. The lowest BCUT2D eigenvalue weighted by atomic mass is 9.45. The molecule has 1 aromatic carbocycles. The van der Waals surface area contributed by atoms with Crippen LogP contribution in [0.1, 0.15) is 51.2 Å². The molecule has 1 fully saturated rings. The van der Waals surface area contributed by atoms with Crippen LogP contribution < -0.4 is 4.74 Å². The maximum Gasteiger partial charge on any atom is 0.357 e. The number of phenolic OH excluding ortho intramolecular Hbond substituents is 1. The molecule has 3 N–H and O–H groups in total. The second-order valence-corrected chi connectivity index (χ2v) is 10.3. The molecule has 0 saturated heterocycles. The summed E-state index contributed by atoms with van der Waals surface area (Å²) in [5.41, 5.74) is -0.587. The minimum Gasteiger partial charge on any atom is -0.504 e. The average Bonchev–Trinajstić information content (AvgIpc) is 3.17. The molecule has 1 aromatic rings. The highest BCUT2D eigenvalue weighted by atomic mass is 16.6. The quantitative estimate of drug-likeness (QED) is 0.370. The lowest BCUT2D eigenvalue weighted by Gasteiger charge is -2.61. The van der Waals surface area contributed by atoms with E-state index in [0.717, 1.165) is 25.8 Å². The Bertz CT molecular complexity index is 1240. The fraction of sp³-hybridized carbons (Fsp3) is 0.538. The van der Waals surface area contributed by atoms with Crippen LogP contribution in [0.25, 0.3) is 0 Å². The predicted molar refractivity (Wildman–Crippen MR) is 122 cm³/mol. The monoisotopic (exact) mass is 516 g/mol. The fourth-order valence-corrected chi connectivity index (χ4v) is 6.82. The number of ether oxygens (including phenoxy) is 4. The summed E-state index contributed by atoms with van der Waals surface area (Å²) >= 11 is 0. The van der Waals surface area contributed by atoms with Crippen LogP contribution in [-0.4, -0.2) is 63.1 Å². The van der Waals surface area contributed by atoms with Gasteiger partial charge < -0.3 is 34.3 Å². The molecule has 198 valence electrons. The lowest BCUT2D eigenvalue weighted by molar-refractivity contribution is -0.190. The zero-order valence-electron chi connectivity index (χ0n) is 20.6. The van der Waals surface area contributed by atoms with Crippen molar-refractivity contribution in [1.82, 2.24) is 0 Å². The van der Waals surface area contributed by atoms with Gasteiger partial charge in [0.15, 0.2) is 17.6 Å². The number of aromatic hydroxyl groups is 1. The third-order valence-corrected chi connectivity index (χ3v) is 8.29. The molecule has 0 radical (unpaired) electrons. The van der Waals surface area contributed by atoms with E-state index in [1.807, 2.05) is 6.07 Å². The SMILES string of the molecule is CC(=O)O[C@@H](C(=O)O)[C@@H](OC(C)=O)C(=O)OC1=CC[C@@]2(O)[C@H]3Cc4ccc(O)c5c4[C@@]2(CCC3C)[C@H]1O5. The summed E-state index contributed by atoms with van der Waals surface area (Å²) in [7, 11) is 0. The topological polar surface area (TPSA) is 166 Å². The van der Waals surface area contributed by atoms with Gasteiger partial charge in [0.2, 0.25) is 12.2 Å². The summed E-state index contributed by atoms with van der Waals surface area (Å²) in [5, 5.41) is 32.3. The van der Waals surface area contributed by atoms with Crippen molar-refractivity contribution in [2.75, 3.05) is 0 Å². The van der Waals surface area contributed by atoms with E-state index in [-0.39, 0.29) is 35.5 Å². The van der Waals surface area contributed by atoms with Crippen LogP contribution in [0.3, 0.4) is 0 Å². The van der Waals surface area contributed by atoms with Gasteiger partial charge in [-0.15, -0.1) is 0 Å². The zero-order chi connectivity index (χ0) is 26.9. The van der Waals surface area contributed by atoms with Crippen LogP contribution in [-0.2, 0) is 45.2 Å². The van der Waals surface area contributed by atoms with Gasteiger partial charge in [-0.3, -0.25) is 9.59 Å². The Kier molecular flexibility index (Phi) is 5.74. The molecule has 37 heavy (non-hydrogen) atoms. The molecule has 3 aliphatic carbocycles. The number of hydrogen-bond acceptors (Lipinski definition) is 10. The number of aliphatic carboxylic acids is 1. The van der Waals surface area contributed by atoms with E-state index in [4.69, 9.17) is 18.9 Å². The standard InChI is InChI=1S/C26H28O11/c1-11-6-8-25-18-14-4-5-16(29)19(18)37-22(25)17(7-9-26(25,33)15(11)10-14)36-24(32)21(35-13(3)28)20(23(30)31)34-12(2)27/h4-5,7,11,15,20-22,29,33H,6,8-10H2,1-3H3,(H,30,31)/t11?,15-,20+,21+,22-,25-,26+/m0/s1. The molecule has 7 atom stereocenters. The van der Waals surface area contributed by atoms with Gasteiger partial charge in [-0.25, -0.2) is 9.59 Å². The van der Waals surface area contributed by atoms with Crippen molar-refractivity contribution in [2.24, 2.45) is 11.8 Å². The second kappa shape index (κ2) is 8.47. The highest BCUT2D eigenvalue weighted by Crippen LogP contribution is 2.68. The van der Waals surface area contributed by atoms with Crippen LogP contribution in [0.15, 0.2) is 24.0 Å². The molecule has 0 aromatic heterocycles. The van der Waals surface area contributed by atoms with E-state index in [0.29, 0.717) is 18.4 Å². The Hall–Kier alpha value is -3.60. The van der Waals surface area contributed by atoms with E-state index in [9.17, 15) is 34.5 Å². The minimum atomic E-state index is -2.14. The maximum absolute atomic E-state index is 13.2. The lowest BCUT2D eigenvalue weighted by Crippen LogP contribution is -2.69. The molecule has 1 saturated carbocycles. The zero-order valence-corrected chi connectivity index (χ0v) is 20.6. The molecule has 5 rings (SSSR count). The van der Waals surface area contributed by atoms with E-state index in [1.165, 1.54) is 12.1 Å². The Morgan fingerprint density at radius 3 is 2.43 bits per heavy atom. The van der Waals surface area contributed by atoms with Crippen molar-refractivity contribution in [1.29, 1.82) is 0 Å². The number of benzene rings is 1. The maximum atomic E-state index is 13.2. The van der Waals surface area contributed by atoms with Crippen molar-refractivity contribution in [2.45, 2.75) is 75.8 Å². The van der Waals surface area contributed by atoms with E-state index < -0.39 is 53.2 Å². The minimum absolute atomic E-state index is 0.00413. The van der Waals surface area contributed by atoms with Crippen LogP contribution in [0, 0.1) is 11.8 Å². The molecule has 1 heterocycles. The first kappa shape index (κ1) is 25.1. The number of rotatable bonds is 6. The van der Waals surface area contributed by atoms with Crippen LogP contribution in [0.5, 0.6) is 11.5 Å². The molecule has 4 aliphatic rings. The first-order valence-corrected chi connectivity index (χ1v) is 12.1. The smallest absolute Gasteiger partial charge is 0.357 e. The average molecular weight is 516 g/mol. The number of esters is 3. The van der Waals surface area contributed by atoms with Crippen molar-refractivity contribution in [3.8, 4) is 11.5 Å². The summed E-state index contributed by atoms with van der Waals surface area (Å²) in [5.74, 6) is -4.75. The van der Waals surface area contributed by atoms with E-state index in [2.05, 4.69) is 6.92 Å². The number of carboxylic acid groups (broad SMARTS) is 1. The molecule has 1 spiro atoms. The summed E-state index contributed by atoms with van der Waals surface area (Å²) in [6.45, 7) is 4.02. The number of aliphatic hydroxyl groups is 1. The summed E-state index contributed by atoms with van der Waals surface area (Å²) < 4.78 is 21.4. The van der Waals surface area contributed by atoms with Gasteiger partial charge in [0.05, 0.1) is 11.0 Å². The third kappa shape index (κ3) is 3.51. The molecule has 0 amide bonds. The van der Waals surface area contributed by atoms with Gasteiger partial charge in [0.25, 0.3) is 0 Å². The second-order valence-electron chi connectivity index (χ2n) is 10.3. The van der Waals surface area contributed by atoms with Crippen molar-refractivity contribution in [3.63, 3.8) is 0 Å². The van der Waals surface area contributed by atoms with Crippen molar-refractivity contribution < 1.29 is 53.4 Å². The Morgan fingerprint density at radius 1 is 1.11 bits per heavy atom. The number of hydrogen-bond donors (Lipinski definition) is 3. The summed E-state index contributed by atoms with van der Waals surface area (Å²) in [4.78, 5) is 48.1. The Labute approximate surface area is 212 Å². The van der Waals surface area contributed by atoms with Crippen molar-refractivity contribution >= 4 is 23.9 Å². The van der Waals surface area contributed by atoms with Gasteiger partial charge in [0.1, 0.15) is 5.76 Å². The van der Waals surface area contributed by atoms with Gasteiger partial charge in [-0.1, -0.05) is 13.0 Å². The molecule has 1 aliphatic heterocycles. The van der Waals surface area contributed by atoms with Gasteiger partial charge in [-0.05, 0) is 55.2 Å². The number of carboxylic acids is 1. The molecule has 11 heteroatoms. The summed E-state index contributed by atoms with van der Waals surface area (Å²) in [6, 6.07) is 3.36. The fourth-order valence-electron chi connectivity index (χ4n) is 6.82. The normalized spacial score (nSPS) is 32.1. The molecule has 2 bridgehead atoms. The largest absolute Gasteiger partial charge is 0.504 e.